The number of nitrogens with zero attached hydrogens (tertiary/aromatic N) is 1. The highest BCUT2D eigenvalue weighted by atomic mass is 16.6. The van der Waals surface area contributed by atoms with Crippen LogP contribution in [-0.4, -0.2) is 11.0 Å². The number of fused-ring (bicyclic) bond motifs is 1. The molecule has 0 amide bonds. The standard InChI is InChI=1S/C12H13NO3/c1-8(2)12-10(13(14)15)7-9-5-3-4-6-11(9)16-12/h3-8,12H,1-2H3. The molecule has 1 atom stereocenters. The molecule has 1 aromatic carbocycles. The molecule has 0 fully saturated rings. The molecule has 16 heavy (non-hydrogen) atoms. The summed E-state index contributed by atoms with van der Waals surface area (Å²) in [6.07, 6.45) is 1.13. The Labute approximate surface area is 93.7 Å². The third-order valence-electron chi connectivity index (χ3n) is 2.58. The predicted octanol–water partition coefficient (Wildman–Crippen LogP) is 2.72. The van der Waals surface area contributed by atoms with Gasteiger partial charge in [-0.25, -0.2) is 0 Å². The molecular weight excluding hydrogens is 206 g/mol. The van der Waals surface area contributed by atoms with E-state index in [1.54, 1.807) is 6.08 Å². The third-order valence-corrected chi connectivity index (χ3v) is 2.58. The van der Waals surface area contributed by atoms with Crippen molar-refractivity contribution in [2.75, 3.05) is 0 Å². The van der Waals surface area contributed by atoms with E-state index in [0.29, 0.717) is 5.75 Å². The molecule has 4 heteroatoms. The first-order valence-corrected chi connectivity index (χ1v) is 5.21. The molecule has 0 aliphatic carbocycles. The molecule has 1 aliphatic rings. The van der Waals surface area contributed by atoms with Crippen molar-refractivity contribution >= 4 is 6.08 Å². The van der Waals surface area contributed by atoms with Crippen LogP contribution in [0.2, 0.25) is 0 Å². The number of para-hydroxylation sites is 1. The highest BCUT2D eigenvalue weighted by Crippen LogP contribution is 2.32. The summed E-state index contributed by atoms with van der Waals surface area (Å²) in [6, 6.07) is 7.35. The van der Waals surface area contributed by atoms with E-state index in [2.05, 4.69) is 0 Å². The highest BCUT2D eigenvalue weighted by Gasteiger charge is 2.33. The minimum atomic E-state index is -0.468. The maximum Gasteiger partial charge on any atom is 0.287 e. The fourth-order valence-corrected chi connectivity index (χ4v) is 1.78. The van der Waals surface area contributed by atoms with Crippen LogP contribution in [0.15, 0.2) is 30.0 Å². The second kappa shape index (κ2) is 3.96. The van der Waals surface area contributed by atoms with Crippen LogP contribution in [-0.2, 0) is 0 Å². The van der Waals surface area contributed by atoms with Crippen LogP contribution in [0, 0.1) is 16.0 Å². The molecule has 1 aliphatic heterocycles. The number of hydrogen-bond acceptors (Lipinski definition) is 3. The first kappa shape index (κ1) is 10.7. The predicted molar refractivity (Wildman–Crippen MR) is 60.7 cm³/mol. The van der Waals surface area contributed by atoms with Gasteiger partial charge in [0.2, 0.25) is 0 Å². The van der Waals surface area contributed by atoms with Gasteiger partial charge in [-0.3, -0.25) is 10.1 Å². The van der Waals surface area contributed by atoms with Crippen molar-refractivity contribution in [2.24, 2.45) is 5.92 Å². The largest absolute Gasteiger partial charge is 0.478 e. The zero-order valence-electron chi connectivity index (χ0n) is 9.21. The Bertz CT molecular complexity index is 451. The quantitative estimate of drug-likeness (QED) is 0.567. The van der Waals surface area contributed by atoms with Crippen molar-refractivity contribution in [3.05, 3.63) is 45.6 Å². The lowest BCUT2D eigenvalue weighted by atomic mass is 9.99. The molecule has 0 spiro atoms. The van der Waals surface area contributed by atoms with E-state index in [-0.39, 0.29) is 16.5 Å². The topological polar surface area (TPSA) is 52.4 Å². The molecule has 0 saturated carbocycles. The highest BCUT2D eigenvalue weighted by molar-refractivity contribution is 5.61. The van der Waals surface area contributed by atoms with Crippen molar-refractivity contribution in [3.63, 3.8) is 0 Å². The Morgan fingerprint density at radius 3 is 2.69 bits per heavy atom. The Balaban J connectivity index is 2.47. The van der Waals surface area contributed by atoms with E-state index in [0.717, 1.165) is 5.56 Å². The van der Waals surface area contributed by atoms with Crippen LogP contribution in [0.1, 0.15) is 19.4 Å². The Morgan fingerprint density at radius 2 is 2.06 bits per heavy atom. The van der Waals surface area contributed by atoms with Gasteiger partial charge >= 0.3 is 0 Å². The monoisotopic (exact) mass is 219 g/mol. The van der Waals surface area contributed by atoms with Crippen molar-refractivity contribution in [2.45, 2.75) is 20.0 Å². The lowest BCUT2D eigenvalue weighted by Gasteiger charge is -2.24. The summed E-state index contributed by atoms with van der Waals surface area (Å²) in [6.45, 7) is 3.83. The van der Waals surface area contributed by atoms with Gasteiger partial charge in [0.1, 0.15) is 5.75 Å². The first-order valence-electron chi connectivity index (χ1n) is 5.21. The number of nitro groups is 1. The Kier molecular flexibility index (Phi) is 2.64. The summed E-state index contributed by atoms with van der Waals surface area (Å²) < 4.78 is 5.66. The van der Waals surface area contributed by atoms with Gasteiger partial charge in [-0.05, 0) is 6.07 Å². The fourth-order valence-electron chi connectivity index (χ4n) is 1.78. The van der Waals surface area contributed by atoms with Gasteiger partial charge in [-0.2, -0.15) is 0 Å². The third kappa shape index (κ3) is 1.78. The van der Waals surface area contributed by atoms with Crippen molar-refractivity contribution in [1.82, 2.24) is 0 Å². The lowest BCUT2D eigenvalue weighted by molar-refractivity contribution is -0.435. The van der Waals surface area contributed by atoms with Crippen LogP contribution in [0.25, 0.3) is 6.08 Å². The van der Waals surface area contributed by atoms with E-state index in [9.17, 15) is 10.1 Å². The van der Waals surface area contributed by atoms with Crippen LogP contribution >= 0.6 is 0 Å². The van der Waals surface area contributed by atoms with E-state index >= 15 is 0 Å². The zero-order chi connectivity index (χ0) is 11.7. The molecule has 1 unspecified atom stereocenters. The van der Waals surface area contributed by atoms with Gasteiger partial charge in [0.05, 0.1) is 4.92 Å². The summed E-state index contributed by atoms with van der Waals surface area (Å²) >= 11 is 0. The summed E-state index contributed by atoms with van der Waals surface area (Å²) in [5.74, 6) is 0.789. The molecule has 0 bridgehead atoms. The first-order chi connectivity index (χ1) is 7.59. The van der Waals surface area contributed by atoms with Crippen molar-refractivity contribution < 1.29 is 9.66 Å². The summed E-state index contributed by atoms with van der Waals surface area (Å²) in [5, 5.41) is 10.9. The average Bonchev–Trinajstić information content (AvgIpc) is 2.27. The Morgan fingerprint density at radius 1 is 1.38 bits per heavy atom. The lowest BCUT2D eigenvalue weighted by Crippen LogP contribution is -2.31. The molecule has 84 valence electrons. The smallest absolute Gasteiger partial charge is 0.287 e. The molecule has 0 saturated heterocycles. The number of ether oxygens (including phenoxy) is 1. The minimum Gasteiger partial charge on any atom is -0.478 e. The van der Waals surface area contributed by atoms with E-state index in [1.165, 1.54) is 0 Å². The van der Waals surface area contributed by atoms with Crippen molar-refractivity contribution in [3.8, 4) is 5.75 Å². The summed E-state index contributed by atoms with van der Waals surface area (Å²) in [5.41, 5.74) is 0.903. The van der Waals surface area contributed by atoms with Gasteiger partial charge in [-0.1, -0.05) is 32.0 Å². The van der Waals surface area contributed by atoms with E-state index in [1.807, 2.05) is 38.1 Å². The average molecular weight is 219 g/mol. The maximum absolute atomic E-state index is 10.9. The SMILES string of the molecule is CC(C)C1Oc2ccccc2C=C1[N+](=O)[O-]. The van der Waals surface area contributed by atoms with Crippen LogP contribution in [0.5, 0.6) is 5.75 Å². The fraction of sp³-hybridized carbons (Fsp3) is 0.333. The normalized spacial score (nSPS) is 18.7. The van der Waals surface area contributed by atoms with Crippen molar-refractivity contribution in [1.29, 1.82) is 0 Å². The Hall–Kier alpha value is -1.84. The van der Waals surface area contributed by atoms with E-state index < -0.39 is 6.10 Å². The van der Waals surface area contributed by atoms with Gasteiger partial charge in [0, 0.05) is 17.6 Å². The van der Waals surface area contributed by atoms with Gasteiger partial charge in [0.15, 0.2) is 6.10 Å². The molecule has 1 heterocycles. The molecule has 2 rings (SSSR count). The van der Waals surface area contributed by atoms with Crippen LogP contribution < -0.4 is 4.74 Å². The zero-order valence-corrected chi connectivity index (χ0v) is 9.21. The van der Waals surface area contributed by atoms with Gasteiger partial charge < -0.3 is 4.74 Å². The maximum atomic E-state index is 10.9. The van der Waals surface area contributed by atoms with Crippen LogP contribution in [0.4, 0.5) is 0 Å². The van der Waals surface area contributed by atoms with E-state index in [4.69, 9.17) is 4.74 Å². The van der Waals surface area contributed by atoms with Crippen LogP contribution in [0.3, 0.4) is 0 Å². The summed E-state index contributed by atoms with van der Waals surface area (Å²) in [4.78, 5) is 10.6. The molecular formula is C12H13NO3. The molecule has 0 N–H and O–H groups in total. The molecule has 0 aromatic heterocycles. The van der Waals surface area contributed by atoms with Gasteiger partial charge in [-0.15, -0.1) is 0 Å². The molecule has 4 nitrogen and oxygen atoms in total. The summed E-state index contributed by atoms with van der Waals surface area (Å²) in [7, 11) is 0. The second-order valence-electron chi connectivity index (χ2n) is 4.15. The second-order valence-corrected chi connectivity index (χ2v) is 4.15. The molecule has 0 radical (unpaired) electrons. The van der Waals surface area contributed by atoms with Gasteiger partial charge in [0.25, 0.3) is 5.70 Å². The number of hydrogen-bond donors (Lipinski definition) is 0. The number of rotatable bonds is 2. The minimum absolute atomic E-state index is 0.0741. The molecule has 1 aromatic rings. The number of benzene rings is 1.